The van der Waals surface area contributed by atoms with E-state index < -0.39 is 5.82 Å². The highest BCUT2D eigenvalue weighted by atomic mass is 79.9. The quantitative estimate of drug-likeness (QED) is 0.777. The van der Waals surface area contributed by atoms with Crippen LogP contribution in [0.15, 0.2) is 39.3 Å². The van der Waals surface area contributed by atoms with Crippen molar-refractivity contribution in [3.8, 4) is 5.75 Å². The summed E-state index contributed by atoms with van der Waals surface area (Å²) < 4.78 is 15.0. The summed E-state index contributed by atoms with van der Waals surface area (Å²) in [5, 5.41) is 12.8. The van der Waals surface area contributed by atoms with Gasteiger partial charge in [-0.3, -0.25) is 0 Å². The lowest BCUT2D eigenvalue weighted by atomic mass is 10.2. The maximum atomic E-state index is 13.2. The Bertz CT molecular complexity index is 593. The zero-order valence-electron chi connectivity index (χ0n) is 10.2. The van der Waals surface area contributed by atoms with Crippen LogP contribution in [0.3, 0.4) is 0 Å². The first-order chi connectivity index (χ1) is 8.99. The minimum atomic E-state index is -0.610. The summed E-state index contributed by atoms with van der Waals surface area (Å²) in [6, 6.07) is 8.46. The number of nitrogens with one attached hydrogen (secondary N) is 1. The van der Waals surface area contributed by atoms with E-state index in [2.05, 4.69) is 37.2 Å². The van der Waals surface area contributed by atoms with E-state index in [0.29, 0.717) is 12.1 Å². The van der Waals surface area contributed by atoms with Gasteiger partial charge in [-0.2, -0.15) is 0 Å². The van der Waals surface area contributed by atoms with Gasteiger partial charge >= 0.3 is 0 Å². The van der Waals surface area contributed by atoms with Gasteiger partial charge in [-0.05, 0) is 62.5 Å². The van der Waals surface area contributed by atoms with Gasteiger partial charge in [0.1, 0.15) is 0 Å². The molecule has 5 heteroatoms. The molecule has 2 aromatic rings. The average Bonchev–Trinajstić information content (AvgIpc) is 2.33. The van der Waals surface area contributed by atoms with Gasteiger partial charge in [0, 0.05) is 21.1 Å². The van der Waals surface area contributed by atoms with E-state index in [1.165, 1.54) is 6.07 Å². The fourth-order valence-electron chi connectivity index (χ4n) is 1.75. The van der Waals surface area contributed by atoms with Crippen molar-refractivity contribution in [2.24, 2.45) is 0 Å². The Morgan fingerprint density at radius 2 is 1.84 bits per heavy atom. The lowest BCUT2D eigenvalue weighted by Crippen LogP contribution is -2.02. The smallest absolute Gasteiger partial charge is 0.165 e. The van der Waals surface area contributed by atoms with Crippen LogP contribution in [0.25, 0.3) is 0 Å². The van der Waals surface area contributed by atoms with E-state index in [1.54, 1.807) is 12.1 Å². The molecule has 0 saturated heterocycles. The van der Waals surface area contributed by atoms with Crippen LogP contribution in [0.4, 0.5) is 10.1 Å². The zero-order chi connectivity index (χ0) is 14.0. The van der Waals surface area contributed by atoms with E-state index in [1.807, 2.05) is 19.1 Å². The number of aromatic hydroxyl groups is 1. The number of phenols is 1. The van der Waals surface area contributed by atoms with Crippen LogP contribution in [-0.2, 0) is 6.54 Å². The van der Waals surface area contributed by atoms with Gasteiger partial charge in [0.25, 0.3) is 0 Å². The van der Waals surface area contributed by atoms with Gasteiger partial charge < -0.3 is 10.4 Å². The molecule has 0 bridgehead atoms. The summed E-state index contributed by atoms with van der Waals surface area (Å²) in [5.41, 5.74) is 2.51. The normalized spacial score (nSPS) is 10.5. The van der Waals surface area contributed by atoms with Crippen LogP contribution in [-0.4, -0.2) is 5.11 Å². The Morgan fingerprint density at radius 1 is 1.21 bits per heavy atom. The van der Waals surface area contributed by atoms with E-state index >= 15 is 0 Å². The monoisotopic (exact) mass is 387 g/mol. The first-order valence-corrected chi connectivity index (χ1v) is 7.23. The van der Waals surface area contributed by atoms with Gasteiger partial charge in [-0.1, -0.05) is 12.1 Å². The summed E-state index contributed by atoms with van der Waals surface area (Å²) in [6.45, 7) is 2.33. The lowest BCUT2D eigenvalue weighted by Gasteiger charge is -2.13. The Hall–Kier alpha value is -1.07. The van der Waals surface area contributed by atoms with Gasteiger partial charge in [-0.15, -0.1) is 0 Å². The molecule has 2 aromatic carbocycles. The van der Waals surface area contributed by atoms with Gasteiger partial charge in [-0.25, -0.2) is 4.39 Å². The molecule has 0 saturated carbocycles. The molecule has 0 radical (unpaired) electrons. The van der Waals surface area contributed by atoms with Crippen molar-refractivity contribution in [2.75, 3.05) is 5.32 Å². The van der Waals surface area contributed by atoms with Crippen molar-refractivity contribution in [3.63, 3.8) is 0 Å². The second-order valence-corrected chi connectivity index (χ2v) is 5.91. The number of halogens is 3. The van der Waals surface area contributed by atoms with Gasteiger partial charge in [0.15, 0.2) is 11.6 Å². The fraction of sp³-hybridized carbons (Fsp3) is 0.143. The SMILES string of the molecule is Cc1cc(Br)c(NCc2cccc(F)c2O)c(Br)c1. The predicted octanol–water partition coefficient (Wildman–Crippen LogP) is 4.98. The zero-order valence-corrected chi connectivity index (χ0v) is 13.3. The largest absolute Gasteiger partial charge is 0.505 e. The first kappa shape index (κ1) is 14.3. The fourth-order valence-corrected chi connectivity index (χ4v) is 3.45. The molecule has 0 amide bonds. The van der Waals surface area contributed by atoms with Crippen molar-refractivity contribution in [1.29, 1.82) is 0 Å². The molecule has 0 aliphatic carbocycles. The number of para-hydroxylation sites is 1. The number of hydrogen-bond acceptors (Lipinski definition) is 2. The van der Waals surface area contributed by atoms with Crippen LogP contribution >= 0.6 is 31.9 Å². The van der Waals surface area contributed by atoms with Crippen molar-refractivity contribution in [2.45, 2.75) is 13.5 Å². The molecule has 0 aliphatic rings. The summed E-state index contributed by atoms with van der Waals surface area (Å²) in [4.78, 5) is 0. The average molecular weight is 389 g/mol. The van der Waals surface area contributed by atoms with Crippen molar-refractivity contribution in [3.05, 3.63) is 56.2 Å². The Kier molecular flexibility index (Phi) is 4.47. The summed E-state index contributed by atoms with van der Waals surface area (Å²) in [7, 11) is 0. The maximum Gasteiger partial charge on any atom is 0.165 e. The van der Waals surface area contributed by atoms with Crippen LogP contribution in [0.5, 0.6) is 5.75 Å². The van der Waals surface area contributed by atoms with Crippen molar-refractivity contribution < 1.29 is 9.50 Å². The van der Waals surface area contributed by atoms with Crippen molar-refractivity contribution in [1.82, 2.24) is 0 Å². The van der Waals surface area contributed by atoms with Crippen LogP contribution in [0, 0.1) is 12.7 Å². The third kappa shape index (κ3) is 3.28. The third-order valence-corrected chi connectivity index (χ3v) is 3.96. The highest BCUT2D eigenvalue weighted by molar-refractivity contribution is 9.11. The van der Waals surface area contributed by atoms with Crippen LogP contribution < -0.4 is 5.32 Å². The molecular weight excluding hydrogens is 377 g/mol. The first-order valence-electron chi connectivity index (χ1n) is 5.65. The van der Waals surface area contributed by atoms with Crippen LogP contribution in [0.2, 0.25) is 0 Å². The Morgan fingerprint density at radius 3 is 2.47 bits per heavy atom. The minimum Gasteiger partial charge on any atom is -0.505 e. The van der Waals surface area contributed by atoms with E-state index in [0.717, 1.165) is 20.2 Å². The molecule has 0 aliphatic heterocycles. The molecule has 0 atom stereocenters. The molecule has 2 rings (SSSR count). The molecule has 0 heterocycles. The number of hydrogen-bond donors (Lipinski definition) is 2. The summed E-state index contributed by atoms with van der Waals surface area (Å²) in [6.07, 6.45) is 0. The molecule has 0 spiro atoms. The standard InChI is InChI=1S/C14H12Br2FNO/c1-8-5-10(15)13(11(16)6-8)18-7-9-3-2-4-12(17)14(9)19/h2-6,18-19H,7H2,1H3. The third-order valence-electron chi connectivity index (χ3n) is 2.71. The van der Waals surface area contributed by atoms with Gasteiger partial charge in [0.2, 0.25) is 0 Å². The van der Waals surface area contributed by atoms with E-state index in [4.69, 9.17) is 0 Å². The Labute approximate surface area is 127 Å². The number of anilines is 1. The minimum absolute atomic E-state index is 0.311. The Balaban J connectivity index is 2.22. The number of phenolic OH excluding ortho intramolecular Hbond substituents is 1. The summed E-state index contributed by atoms with van der Waals surface area (Å²) in [5.74, 6) is -0.921. The molecule has 0 fully saturated rings. The van der Waals surface area contributed by atoms with E-state index in [9.17, 15) is 9.50 Å². The van der Waals surface area contributed by atoms with Gasteiger partial charge in [0.05, 0.1) is 5.69 Å². The maximum absolute atomic E-state index is 13.2. The molecule has 0 aromatic heterocycles. The topological polar surface area (TPSA) is 32.3 Å². The molecule has 19 heavy (non-hydrogen) atoms. The number of benzene rings is 2. The molecule has 100 valence electrons. The predicted molar refractivity (Wildman–Crippen MR) is 82.0 cm³/mol. The molecule has 0 unspecified atom stereocenters. The molecule has 2 nitrogen and oxygen atoms in total. The van der Waals surface area contributed by atoms with Crippen LogP contribution in [0.1, 0.15) is 11.1 Å². The highest BCUT2D eigenvalue weighted by Gasteiger charge is 2.09. The number of rotatable bonds is 3. The second-order valence-electron chi connectivity index (χ2n) is 4.20. The number of aryl methyl sites for hydroxylation is 1. The second kappa shape index (κ2) is 5.92. The summed E-state index contributed by atoms with van der Waals surface area (Å²) >= 11 is 6.95. The van der Waals surface area contributed by atoms with E-state index in [-0.39, 0.29) is 5.75 Å². The lowest BCUT2D eigenvalue weighted by molar-refractivity contribution is 0.427. The molecular formula is C14H12Br2FNO. The van der Waals surface area contributed by atoms with Crippen molar-refractivity contribution >= 4 is 37.5 Å². The molecule has 2 N–H and O–H groups in total. The highest BCUT2D eigenvalue weighted by Crippen LogP contribution is 2.33.